The normalized spacial score (nSPS) is 20.9. The van der Waals surface area contributed by atoms with Gasteiger partial charge in [-0.05, 0) is 19.1 Å². The second-order valence-electron chi connectivity index (χ2n) is 4.80. The molecule has 0 fully saturated rings. The first-order valence-electron chi connectivity index (χ1n) is 6.46. The van der Waals surface area contributed by atoms with Crippen LogP contribution in [-0.4, -0.2) is 21.8 Å². The van der Waals surface area contributed by atoms with Gasteiger partial charge in [-0.2, -0.15) is 0 Å². The van der Waals surface area contributed by atoms with Crippen LogP contribution < -0.4 is 5.32 Å². The molecule has 0 spiro atoms. The summed E-state index contributed by atoms with van der Waals surface area (Å²) in [6.07, 6.45) is 1.54. The molecule has 0 saturated carbocycles. The van der Waals surface area contributed by atoms with Gasteiger partial charge in [-0.25, -0.2) is 4.98 Å². The number of benzene rings is 1. The number of Topliss-reactive ketones (excluding diaryl/α,β-unsaturated/α-hetero) is 1. The largest absolute Gasteiger partial charge is 0.501 e. The molecule has 0 bridgehead atoms. The summed E-state index contributed by atoms with van der Waals surface area (Å²) in [5.41, 5.74) is -1.03. The van der Waals surface area contributed by atoms with Crippen LogP contribution in [0.5, 0.6) is 0 Å². The van der Waals surface area contributed by atoms with Crippen molar-refractivity contribution in [3.63, 3.8) is 0 Å². The van der Waals surface area contributed by atoms with E-state index in [1.807, 2.05) is 0 Å². The van der Waals surface area contributed by atoms with E-state index in [-0.39, 0.29) is 5.88 Å². The number of aliphatic hydroxyl groups excluding tert-OH is 1. The Morgan fingerprint density at radius 1 is 1.36 bits per heavy atom. The van der Waals surface area contributed by atoms with Gasteiger partial charge in [0.05, 0.1) is 0 Å². The highest BCUT2D eigenvalue weighted by Crippen LogP contribution is 2.37. The van der Waals surface area contributed by atoms with Crippen molar-refractivity contribution in [1.82, 2.24) is 10.3 Å². The van der Waals surface area contributed by atoms with Gasteiger partial charge in [0.2, 0.25) is 17.2 Å². The van der Waals surface area contributed by atoms with E-state index in [2.05, 4.69) is 10.3 Å². The van der Waals surface area contributed by atoms with Gasteiger partial charge in [-0.15, -0.1) is 11.3 Å². The van der Waals surface area contributed by atoms with Crippen LogP contribution >= 0.6 is 11.3 Å². The Balaban J connectivity index is 1.84. The SMILES string of the molecule is CC1(c2nccs2)OC(NC(=O)c2ccccc2)=C(O)C1=O. The molecule has 112 valence electrons. The summed E-state index contributed by atoms with van der Waals surface area (Å²) in [4.78, 5) is 28.4. The lowest BCUT2D eigenvalue weighted by atomic mass is 10.0. The zero-order valence-electron chi connectivity index (χ0n) is 11.6. The number of carbonyl (C=O) groups is 2. The first kappa shape index (κ1) is 14.3. The van der Waals surface area contributed by atoms with E-state index < -0.39 is 23.1 Å². The molecule has 3 rings (SSSR count). The van der Waals surface area contributed by atoms with Crippen LogP contribution in [-0.2, 0) is 15.1 Å². The van der Waals surface area contributed by atoms with Crippen LogP contribution in [0.1, 0.15) is 22.3 Å². The molecule has 1 aliphatic rings. The number of aromatic nitrogens is 1. The quantitative estimate of drug-likeness (QED) is 0.905. The average molecular weight is 316 g/mol. The smallest absolute Gasteiger partial charge is 0.258 e. The Morgan fingerprint density at radius 2 is 2.09 bits per heavy atom. The van der Waals surface area contributed by atoms with Crippen molar-refractivity contribution >= 4 is 23.0 Å². The molecule has 2 N–H and O–H groups in total. The molecule has 1 aromatic carbocycles. The maximum absolute atomic E-state index is 12.2. The summed E-state index contributed by atoms with van der Waals surface area (Å²) >= 11 is 1.23. The predicted octanol–water partition coefficient (Wildman–Crippen LogP) is 2.11. The summed E-state index contributed by atoms with van der Waals surface area (Å²) in [6.45, 7) is 1.51. The minimum absolute atomic E-state index is 0.253. The number of carbonyl (C=O) groups excluding carboxylic acids is 2. The van der Waals surface area contributed by atoms with Gasteiger partial charge >= 0.3 is 0 Å². The number of nitrogens with zero attached hydrogens (tertiary/aromatic N) is 1. The predicted molar refractivity (Wildman–Crippen MR) is 79.1 cm³/mol. The van der Waals surface area contributed by atoms with Crippen LogP contribution in [0.2, 0.25) is 0 Å². The number of hydrogen-bond donors (Lipinski definition) is 2. The molecule has 1 unspecified atom stereocenters. The molecule has 2 heterocycles. The van der Waals surface area contributed by atoms with Crippen molar-refractivity contribution < 1.29 is 19.4 Å². The van der Waals surface area contributed by atoms with Crippen LogP contribution in [0.4, 0.5) is 0 Å². The van der Waals surface area contributed by atoms with Gasteiger partial charge < -0.3 is 9.84 Å². The van der Waals surface area contributed by atoms with Gasteiger partial charge in [0.1, 0.15) is 5.01 Å². The van der Waals surface area contributed by atoms with Crippen molar-refractivity contribution in [2.24, 2.45) is 0 Å². The first-order valence-corrected chi connectivity index (χ1v) is 7.34. The van der Waals surface area contributed by atoms with Crippen LogP contribution in [0.3, 0.4) is 0 Å². The second kappa shape index (κ2) is 5.27. The van der Waals surface area contributed by atoms with E-state index >= 15 is 0 Å². The number of thiazole rings is 1. The fraction of sp³-hybridized carbons (Fsp3) is 0.133. The zero-order chi connectivity index (χ0) is 15.7. The first-order chi connectivity index (χ1) is 10.5. The second-order valence-corrected chi connectivity index (χ2v) is 5.69. The Kier molecular flexibility index (Phi) is 3.42. The van der Waals surface area contributed by atoms with Gasteiger partial charge in [-0.3, -0.25) is 14.9 Å². The van der Waals surface area contributed by atoms with E-state index in [4.69, 9.17) is 4.74 Å². The number of amides is 1. The van der Waals surface area contributed by atoms with Crippen LogP contribution in [0.25, 0.3) is 0 Å². The molecule has 0 aliphatic carbocycles. The molecular weight excluding hydrogens is 304 g/mol. The van der Waals surface area contributed by atoms with Crippen molar-refractivity contribution in [3.8, 4) is 0 Å². The molecule has 0 radical (unpaired) electrons. The zero-order valence-corrected chi connectivity index (χ0v) is 12.4. The molecule has 1 amide bonds. The fourth-order valence-electron chi connectivity index (χ4n) is 2.08. The molecule has 22 heavy (non-hydrogen) atoms. The average Bonchev–Trinajstić information content (AvgIpc) is 3.14. The highest BCUT2D eigenvalue weighted by Gasteiger charge is 2.50. The Labute approximate surface area is 130 Å². The lowest BCUT2D eigenvalue weighted by Crippen LogP contribution is -2.32. The van der Waals surface area contributed by atoms with Crippen molar-refractivity contribution in [2.45, 2.75) is 12.5 Å². The topological polar surface area (TPSA) is 88.5 Å². The Bertz CT molecular complexity index is 755. The van der Waals surface area contributed by atoms with Gasteiger partial charge in [0, 0.05) is 17.1 Å². The highest BCUT2D eigenvalue weighted by molar-refractivity contribution is 7.09. The van der Waals surface area contributed by atoms with E-state index in [0.29, 0.717) is 10.6 Å². The molecule has 7 heteroatoms. The van der Waals surface area contributed by atoms with Gasteiger partial charge in [-0.1, -0.05) is 18.2 Å². The maximum Gasteiger partial charge on any atom is 0.258 e. The van der Waals surface area contributed by atoms with Crippen LogP contribution in [0, 0.1) is 0 Å². The number of ether oxygens (including phenoxy) is 1. The lowest BCUT2D eigenvalue weighted by molar-refractivity contribution is -0.131. The molecule has 1 aliphatic heterocycles. The third-order valence-electron chi connectivity index (χ3n) is 3.27. The summed E-state index contributed by atoms with van der Waals surface area (Å²) < 4.78 is 5.51. The van der Waals surface area contributed by atoms with Crippen molar-refractivity contribution in [1.29, 1.82) is 0 Å². The number of nitrogens with one attached hydrogen (secondary N) is 1. The van der Waals surface area contributed by atoms with E-state index in [0.717, 1.165) is 0 Å². The number of aliphatic hydroxyl groups is 1. The van der Waals surface area contributed by atoms with Crippen molar-refractivity contribution in [3.05, 3.63) is 64.1 Å². The Morgan fingerprint density at radius 3 is 2.73 bits per heavy atom. The molecule has 1 aromatic heterocycles. The summed E-state index contributed by atoms with van der Waals surface area (Å²) in [7, 11) is 0. The third kappa shape index (κ3) is 2.25. The molecule has 6 nitrogen and oxygen atoms in total. The minimum Gasteiger partial charge on any atom is -0.501 e. The molecule has 0 saturated heterocycles. The summed E-state index contributed by atoms with van der Waals surface area (Å²) in [5.74, 6) is -1.97. The highest BCUT2D eigenvalue weighted by atomic mass is 32.1. The monoisotopic (exact) mass is 316 g/mol. The number of ketones is 1. The fourth-order valence-corrected chi connectivity index (χ4v) is 2.81. The lowest BCUT2D eigenvalue weighted by Gasteiger charge is -2.20. The summed E-state index contributed by atoms with van der Waals surface area (Å²) in [6, 6.07) is 8.43. The third-order valence-corrected chi connectivity index (χ3v) is 4.25. The van der Waals surface area contributed by atoms with Crippen molar-refractivity contribution in [2.75, 3.05) is 0 Å². The standard InChI is InChI=1S/C15H12N2O4S/c1-15(14-16-7-8-22-14)11(19)10(18)13(21-15)17-12(20)9-5-3-2-4-6-9/h2-8,18H,1H3,(H,17,20). The van der Waals surface area contributed by atoms with E-state index in [1.54, 1.807) is 41.9 Å². The molecule has 1 atom stereocenters. The van der Waals surface area contributed by atoms with E-state index in [1.165, 1.54) is 18.3 Å². The van der Waals surface area contributed by atoms with Crippen LogP contribution in [0.15, 0.2) is 53.6 Å². The van der Waals surface area contributed by atoms with E-state index in [9.17, 15) is 14.7 Å². The Hall–Kier alpha value is -2.67. The molecular formula is C15H12N2O4S. The summed E-state index contributed by atoms with van der Waals surface area (Å²) in [5, 5.41) is 14.5. The minimum atomic E-state index is -1.42. The number of rotatable bonds is 3. The maximum atomic E-state index is 12.2. The number of hydrogen-bond acceptors (Lipinski definition) is 6. The van der Waals surface area contributed by atoms with Gasteiger partial charge in [0.25, 0.3) is 11.7 Å². The van der Waals surface area contributed by atoms with Gasteiger partial charge in [0.15, 0.2) is 0 Å². The molecule has 2 aromatic rings.